The van der Waals surface area contributed by atoms with E-state index in [1.807, 2.05) is 0 Å². The van der Waals surface area contributed by atoms with E-state index in [-0.39, 0.29) is 6.10 Å². The number of rotatable bonds is 8. The van der Waals surface area contributed by atoms with E-state index in [0.717, 1.165) is 49.2 Å². The molecule has 0 radical (unpaired) electrons. The fraction of sp³-hybridized carbons (Fsp3) is 0.591. The number of nitrogens with zero attached hydrogens (tertiary/aromatic N) is 2. The summed E-state index contributed by atoms with van der Waals surface area (Å²) >= 11 is 0. The molecule has 1 atom stereocenters. The zero-order chi connectivity index (χ0) is 18.6. The Hall–Kier alpha value is -1.85. The highest BCUT2D eigenvalue weighted by atomic mass is 16.5. The highest BCUT2D eigenvalue weighted by Crippen LogP contribution is 2.31. The van der Waals surface area contributed by atoms with E-state index in [4.69, 9.17) is 9.47 Å². The zero-order valence-electron chi connectivity index (χ0n) is 16.5. The maximum Gasteiger partial charge on any atom is 0.119 e. The SMILES string of the molecule is CC(C)c1ccc(OCCc2cc(C3CN(CC4CC4)CCO3)n[nH]2)cc1. The monoisotopic (exact) mass is 369 g/mol. The molecule has 1 aliphatic heterocycles. The van der Waals surface area contributed by atoms with Crippen molar-refractivity contribution in [2.75, 3.05) is 32.8 Å². The first-order valence-electron chi connectivity index (χ1n) is 10.3. The van der Waals surface area contributed by atoms with Gasteiger partial charge in [-0.2, -0.15) is 5.10 Å². The van der Waals surface area contributed by atoms with Crippen LogP contribution in [-0.2, 0) is 11.2 Å². The average Bonchev–Trinajstić information content (AvgIpc) is 3.36. The molecule has 2 aromatic rings. The number of hydrogen-bond donors (Lipinski definition) is 1. The van der Waals surface area contributed by atoms with Crippen molar-refractivity contribution in [1.29, 1.82) is 0 Å². The van der Waals surface area contributed by atoms with Crippen LogP contribution >= 0.6 is 0 Å². The average molecular weight is 370 g/mol. The summed E-state index contributed by atoms with van der Waals surface area (Å²) in [7, 11) is 0. The minimum atomic E-state index is 0.0898. The van der Waals surface area contributed by atoms with E-state index in [2.05, 4.69) is 59.3 Å². The van der Waals surface area contributed by atoms with E-state index in [0.29, 0.717) is 12.5 Å². The van der Waals surface area contributed by atoms with Gasteiger partial charge in [0.2, 0.25) is 0 Å². The van der Waals surface area contributed by atoms with Crippen molar-refractivity contribution in [3.63, 3.8) is 0 Å². The van der Waals surface area contributed by atoms with Crippen molar-refractivity contribution in [3.05, 3.63) is 47.3 Å². The van der Waals surface area contributed by atoms with Crippen LogP contribution in [0.2, 0.25) is 0 Å². The van der Waals surface area contributed by atoms with Gasteiger partial charge in [0, 0.05) is 31.7 Å². The van der Waals surface area contributed by atoms with Crippen LogP contribution in [-0.4, -0.2) is 47.9 Å². The Balaban J connectivity index is 1.25. The van der Waals surface area contributed by atoms with Crippen molar-refractivity contribution in [1.82, 2.24) is 15.1 Å². The molecule has 1 N–H and O–H groups in total. The van der Waals surface area contributed by atoms with Crippen LogP contribution in [0.3, 0.4) is 0 Å². The van der Waals surface area contributed by atoms with Gasteiger partial charge >= 0.3 is 0 Å². The van der Waals surface area contributed by atoms with Gasteiger partial charge in [-0.3, -0.25) is 10.00 Å². The van der Waals surface area contributed by atoms with Gasteiger partial charge in [-0.05, 0) is 48.4 Å². The Kier molecular flexibility index (Phi) is 5.79. The van der Waals surface area contributed by atoms with Crippen LogP contribution in [0.25, 0.3) is 0 Å². The smallest absolute Gasteiger partial charge is 0.119 e. The van der Waals surface area contributed by atoms with E-state index in [1.54, 1.807) is 0 Å². The van der Waals surface area contributed by atoms with Gasteiger partial charge in [0.1, 0.15) is 11.9 Å². The van der Waals surface area contributed by atoms with Crippen molar-refractivity contribution in [2.45, 2.75) is 45.1 Å². The predicted molar refractivity (Wildman–Crippen MR) is 106 cm³/mol. The third-order valence-corrected chi connectivity index (χ3v) is 5.53. The summed E-state index contributed by atoms with van der Waals surface area (Å²) in [6, 6.07) is 10.5. The molecule has 2 fully saturated rings. The molecule has 146 valence electrons. The lowest BCUT2D eigenvalue weighted by Gasteiger charge is -2.32. The van der Waals surface area contributed by atoms with Crippen LogP contribution in [0.4, 0.5) is 0 Å². The highest BCUT2D eigenvalue weighted by Gasteiger charge is 2.29. The van der Waals surface area contributed by atoms with Crippen LogP contribution in [0.15, 0.2) is 30.3 Å². The molecule has 1 aromatic carbocycles. The number of morpholine rings is 1. The van der Waals surface area contributed by atoms with Gasteiger partial charge in [-0.25, -0.2) is 0 Å². The summed E-state index contributed by atoms with van der Waals surface area (Å²) in [5.41, 5.74) is 3.46. The van der Waals surface area contributed by atoms with Crippen molar-refractivity contribution in [3.8, 4) is 5.75 Å². The lowest BCUT2D eigenvalue weighted by atomic mass is 10.0. The molecule has 1 aromatic heterocycles. The molecule has 0 amide bonds. The number of benzene rings is 1. The number of aromatic nitrogens is 2. The van der Waals surface area contributed by atoms with E-state index in [1.165, 1.54) is 24.9 Å². The standard InChI is InChI=1S/C22H31N3O2/c1-16(2)18-5-7-20(8-6-18)26-11-9-19-13-21(24-23-19)22-15-25(10-12-27-22)14-17-3-4-17/h5-8,13,16-17,22H,3-4,9-12,14-15H2,1-2H3,(H,23,24). The molecular formula is C22H31N3O2. The first kappa shape index (κ1) is 18.5. The topological polar surface area (TPSA) is 50.4 Å². The summed E-state index contributed by atoms with van der Waals surface area (Å²) in [5, 5.41) is 7.65. The first-order chi connectivity index (χ1) is 13.2. The van der Waals surface area contributed by atoms with Gasteiger partial charge in [-0.15, -0.1) is 0 Å². The Morgan fingerprint density at radius 1 is 1.26 bits per heavy atom. The minimum absolute atomic E-state index is 0.0898. The van der Waals surface area contributed by atoms with Crippen molar-refractivity contribution in [2.24, 2.45) is 5.92 Å². The second-order valence-electron chi connectivity index (χ2n) is 8.20. The maximum absolute atomic E-state index is 5.96. The summed E-state index contributed by atoms with van der Waals surface area (Å²) in [6.45, 7) is 9.07. The van der Waals surface area contributed by atoms with E-state index in [9.17, 15) is 0 Å². The Morgan fingerprint density at radius 3 is 2.81 bits per heavy atom. The van der Waals surface area contributed by atoms with Crippen LogP contribution in [0.5, 0.6) is 5.75 Å². The normalized spacial score (nSPS) is 20.9. The number of nitrogens with one attached hydrogen (secondary N) is 1. The highest BCUT2D eigenvalue weighted by molar-refractivity contribution is 5.29. The summed E-state index contributed by atoms with van der Waals surface area (Å²) in [4.78, 5) is 2.53. The maximum atomic E-state index is 5.96. The predicted octanol–water partition coefficient (Wildman–Crippen LogP) is 3.94. The number of aromatic amines is 1. The second kappa shape index (κ2) is 8.44. The minimum Gasteiger partial charge on any atom is -0.493 e. The largest absolute Gasteiger partial charge is 0.493 e. The van der Waals surface area contributed by atoms with E-state index >= 15 is 0 Å². The van der Waals surface area contributed by atoms with Gasteiger partial charge < -0.3 is 9.47 Å². The molecule has 5 nitrogen and oxygen atoms in total. The van der Waals surface area contributed by atoms with Crippen LogP contribution in [0.1, 0.15) is 55.7 Å². The zero-order valence-corrected chi connectivity index (χ0v) is 16.5. The molecule has 2 aliphatic rings. The third kappa shape index (κ3) is 5.11. The van der Waals surface area contributed by atoms with Crippen molar-refractivity contribution < 1.29 is 9.47 Å². The first-order valence-corrected chi connectivity index (χ1v) is 10.3. The van der Waals surface area contributed by atoms with Gasteiger partial charge in [-0.1, -0.05) is 26.0 Å². The Morgan fingerprint density at radius 2 is 2.07 bits per heavy atom. The summed E-state index contributed by atoms with van der Waals surface area (Å²) in [6.07, 6.45) is 3.70. The lowest BCUT2D eigenvalue weighted by Crippen LogP contribution is -2.39. The van der Waals surface area contributed by atoms with Crippen LogP contribution < -0.4 is 4.74 Å². The quantitative estimate of drug-likeness (QED) is 0.766. The molecule has 1 saturated carbocycles. The number of hydrogen-bond acceptors (Lipinski definition) is 4. The fourth-order valence-electron chi connectivity index (χ4n) is 3.61. The number of ether oxygens (including phenoxy) is 2. The fourth-order valence-corrected chi connectivity index (χ4v) is 3.61. The molecule has 4 rings (SSSR count). The molecule has 1 unspecified atom stereocenters. The Bertz CT molecular complexity index is 721. The van der Waals surface area contributed by atoms with Gasteiger partial charge in [0.05, 0.1) is 18.9 Å². The van der Waals surface area contributed by atoms with Crippen LogP contribution in [0, 0.1) is 5.92 Å². The van der Waals surface area contributed by atoms with Crippen molar-refractivity contribution >= 4 is 0 Å². The number of H-pyrrole nitrogens is 1. The molecule has 1 saturated heterocycles. The third-order valence-electron chi connectivity index (χ3n) is 5.53. The molecule has 27 heavy (non-hydrogen) atoms. The molecule has 5 heteroatoms. The summed E-state index contributed by atoms with van der Waals surface area (Å²) < 4.78 is 11.8. The summed E-state index contributed by atoms with van der Waals surface area (Å²) in [5.74, 6) is 2.39. The molecule has 1 aliphatic carbocycles. The van der Waals surface area contributed by atoms with Gasteiger partial charge in [0.15, 0.2) is 0 Å². The molecule has 0 bridgehead atoms. The molecule has 2 heterocycles. The van der Waals surface area contributed by atoms with E-state index < -0.39 is 0 Å². The Labute approximate surface area is 162 Å². The molecule has 0 spiro atoms. The lowest BCUT2D eigenvalue weighted by molar-refractivity contribution is -0.0334. The van der Waals surface area contributed by atoms with Gasteiger partial charge in [0.25, 0.3) is 0 Å². The molecular weight excluding hydrogens is 338 g/mol. The second-order valence-corrected chi connectivity index (χ2v) is 8.20.